The van der Waals surface area contributed by atoms with Crippen LogP contribution < -0.4 is 4.90 Å². The third kappa shape index (κ3) is 5.17. The lowest BCUT2D eigenvalue weighted by Gasteiger charge is -2.28. The summed E-state index contributed by atoms with van der Waals surface area (Å²) in [6, 6.07) is 53.5. The first-order valence-electron chi connectivity index (χ1n) is 15.4. The van der Waals surface area contributed by atoms with Gasteiger partial charge in [-0.3, -0.25) is 0 Å². The van der Waals surface area contributed by atoms with Gasteiger partial charge >= 0.3 is 0 Å². The molecule has 1 aliphatic carbocycles. The second-order valence-electron chi connectivity index (χ2n) is 11.3. The minimum absolute atomic E-state index is 0.789. The molecule has 0 aliphatic heterocycles. The SMILES string of the molecule is C1=CC(c2cccc3c2oc2ccccc23)=CC=C(N(c2ccc(-c3ccccc3)cc2)c2ccc(-c3ccccc3)cc2)C1. The van der Waals surface area contributed by atoms with Crippen LogP contribution in [0.5, 0.6) is 0 Å². The average Bonchev–Trinajstić information content (AvgIpc) is 3.33. The molecule has 1 aliphatic rings. The quantitative estimate of drug-likeness (QED) is 0.195. The van der Waals surface area contributed by atoms with E-state index in [-0.39, 0.29) is 0 Å². The fourth-order valence-corrected chi connectivity index (χ4v) is 6.28. The third-order valence-corrected chi connectivity index (χ3v) is 8.55. The average molecular weight is 578 g/mol. The van der Waals surface area contributed by atoms with E-state index in [1.807, 2.05) is 12.1 Å². The Balaban J connectivity index is 1.21. The molecular weight excluding hydrogens is 546 g/mol. The van der Waals surface area contributed by atoms with Crippen LogP contribution in [0.3, 0.4) is 0 Å². The second-order valence-corrected chi connectivity index (χ2v) is 11.3. The standard InChI is InChI=1S/C43H31NO/c1-3-11-31(12-4-1)33-21-26-37(27-22-33)44(38-28-23-34(24-29-38)32-13-5-2-6-14-32)36-16-9-15-35(25-30-36)39-18-10-19-41-40-17-7-8-20-42(40)45-43(39)41/h1-15,17-30H,16H2. The summed E-state index contributed by atoms with van der Waals surface area (Å²) in [7, 11) is 0. The van der Waals surface area contributed by atoms with Gasteiger partial charge in [-0.15, -0.1) is 0 Å². The predicted molar refractivity (Wildman–Crippen MR) is 189 cm³/mol. The van der Waals surface area contributed by atoms with Crippen molar-refractivity contribution in [3.05, 3.63) is 187 Å². The molecule has 1 heterocycles. The van der Waals surface area contributed by atoms with Crippen LogP contribution in [0.2, 0.25) is 0 Å². The summed E-state index contributed by atoms with van der Waals surface area (Å²) in [5.41, 5.74) is 12.4. The number of nitrogens with zero attached hydrogens (tertiary/aromatic N) is 1. The van der Waals surface area contributed by atoms with Gasteiger partial charge in [-0.2, -0.15) is 0 Å². The Morgan fingerprint density at radius 3 is 1.67 bits per heavy atom. The van der Waals surface area contributed by atoms with Crippen LogP contribution >= 0.6 is 0 Å². The van der Waals surface area contributed by atoms with Gasteiger partial charge in [-0.25, -0.2) is 0 Å². The van der Waals surface area contributed by atoms with Crippen molar-refractivity contribution in [2.24, 2.45) is 0 Å². The van der Waals surface area contributed by atoms with Crippen LogP contribution in [0.25, 0.3) is 49.8 Å². The molecule has 45 heavy (non-hydrogen) atoms. The van der Waals surface area contributed by atoms with E-state index in [1.165, 1.54) is 28.0 Å². The van der Waals surface area contributed by atoms with Crippen molar-refractivity contribution >= 4 is 38.9 Å². The zero-order valence-corrected chi connectivity index (χ0v) is 24.8. The summed E-state index contributed by atoms with van der Waals surface area (Å²) >= 11 is 0. The molecule has 0 saturated carbocycles. The largest absolute Gasteiger partial charge is 0.455 e. The van der Waals surface area contributed by atoms with Crippen LogP contribution in [0.15, 0.2) is 186 Å². The highest BCUT2D eigenvalue weighted by atomic mass is 16.3. The molecule has 0 N–H and O–H groups in total. The molecule has 0 saturated heterocycles. The maximum Gasteiger partial charge on any atom is 0.143 e. The molecule has 2 nitrogen and oxygen atoms in total. The van der Waals surface area contributed by atoms with Crippen molar-refractivity contribution in [2.45, 2.75) is 6.42 Å². The van der Waals surface area contributed by atoms with Crippen LogP contribution in [0.4, 0.5) is 11.4 Å². The summed E-state index contributed by atoms with van der Waals surface area (Å²) in [6.07, 6.45) is 9.75. The number of rotatable bonds is 6. The summed E-state index contributed by atoms with van der Waals surface area (Å²) in [5, 5.41) is 2.29. The van der Waals surface area contributed by atoms with Crippen molar-refractivity contribution in [3.63, 3.8) is 0 Å². The second kappa shape index (κ2) is 11.7. The number of hydrogen-bond acceptors (Lipinski definition) is 2. The van der Waals surface area contributed by atoms with Gasteiger partial charge in [0.2, 0.25) is 0 Å². The third-order valence-electron chi connectivity index (χ3n) is 8.55. The highest BCUT2D eigenvalue weighted by Gasteiger charge is 2.17. The fourth-order valence-electron chi connectivity index (χ4n) is 6.28. The predicted octanol–water partition coefficient (Wildman–Crippen LogP) is 12.0. The van der Waals surface area contributed by atoms with E-state index < -0.39 is 0 Å². The number of benzene rings is 6. The molecule has 0 fully saturated rings. The summed E-state index contributed by atoms with van der Waals surface area (Å²) in [5.74, 6) is 0. The molecule has 6 aromatic carbocycles. The maximum absolute atomic E-state index is 6.38. The minimum Gasteiger partial charge on any atom is -0.455 e. The molecule has 0 atom stereocenters. The van der Waals surface area contributed by atoms with Gasteiger partial charge in [-0.1, -0.05) is 140 Å². The number of anilines is 2. The molecule has 0 spiro atoms. The first-order valence-corrected chi connectivity index (χ1v) is 15.4. The lowest BCUT2D eigenvalue weighted by molar-refractivity contribution is 0.668. The normalized spacial score (nSPS) is 13.0. The zero-order valence-electron chi connectivity index (χ0n) is 24.8. The van der Waals surface area contributed by atoms with Crippen molar-refractivity contribution in [1.82, 2.24) is 0 Å². The Kier molecular flexibility index (Phi) is 6.94. The van der Waals surface area contributed by atoms with E-state index in [0.717, 1.165) is 50.9 Å². The number of furan rings is 1. The Labute approximate surface area is 263 Å². The van der Waals surface area contributed by atoms with Gasteiger partial charge in [0.25, 0.3) is 0 Å². The Bertz CT molecular complexity index is 2120. The molecule has 7 aromatic rings. The summed E-state index contributed by atoms with van der Waals surface area (Å²) in [6.45, 7) is 0. The van der Waals surface area contributed by atoms with Gasteiger partial charge in [-0.05, 0) is 64.2 Å². The topological polar surface area (TPSA) is 16.4 Å². The first kappa shape index (κ1) is 26.7. The molecule has 1 aromatic heterocycles. The van der Waals surface area contributed by atoms with Crippen LogP contribution in [-0.4, -0.2) is 0 Å². The van der Waals surface area contributed by atoms with E-state index in [2.05, 4.69) is 169 Å². The molecule has 0 unspecified atom stereocenters. The monoisotopic (exact) mass is 577 g/mol. The van der Waals surface area contributed by atoms with E-state index in [1.54, 1.807) is 0 Å². The van der Waals surface area contributed by atoms with Gasteiger partial charge in [0, 0.05) is 39.8 Å². The van der Waals surface area contributed by atoms with Crippen molar-refractivity contribution in [3.8, 4) is 22.3 Å². The number of fused-ring (bicyclic) bond motifs is 3. The smallest absolute Gasteiger partial charge is 0.143 e. The molecule has 0 bridgehead atoms. The molecule has 214 valence electrons. The zero-order chi connectivity index (χ0) is 30.0. The molecular formula is C43H31NO. The van der Waals surface area contributed by atoms with E-state index >= 15 is 0 Å². The van der Waals surface area contributed by atoms with Crippen molar-refractivity contribution in [2.75, 3.05) is 4.90 Å². The number of allylic oxidation sites excluding steroid dienone is 5. The minimum atomic E-state index is 0.789. The van der Waals surface area contributed by atoms with Crippen LogP contribution in [-0.2, 0) is 0 Å². The van der Waals surface area contributed by atoms with Gasteiger partial charge < -0.3 is 9.32 Å². The fraction of sp³-hybridized carbons (Fsp3) is 0.0233. The van der Waals surface area contributed by atoms with Gasteiger partial charge in [0.15, 0.2) is 0 Å². The lowest BCUT2D eigenvalue weighted by Crippen LogP contribution is -2.16. The highest BCUT2D eigenvalue weighted by molar-refractivity contribution is 6.08. The van der Waals surface area contributed by atoms with E-state index in [4.69, 9.17) is 4.42 Å². The Morgan fingerprint density at radius 2 is 1.02 bits per heavy atom. The van der Waals surface area contributed by atoms with E-state index in [0.29, 0.717) is 0 Å². The van der Waals surface area contributed by atoms with Gasteiger partial charge in [0.05, 0.1) is 0 Å². The Morgan fingerprint density at radius 1 is 0.467 bits per heavy atom. The van der Waals surface area contributed by atoms with E-state index in [9.17, 15) is 0 Å². The highest BCUT2D eigenvalue weighted by Crippen LogP contribution is 2.38. The molecule has 2 heteroatoms. The van der Waals surface area contributed by atoms with Gasteiger partial charge in [0.1, 0.15) is 11.2 Å². The van der Waals surface area contributed by atoms with Crippen LogP contribution in [0, 0.1) is 0 Å². The molecule has 8 rings (SSSR count). The maximum atomic E-state index is 6.38. The van der Waals surface area contributed by atoms with Crippen LogP contribution in [0.1, 0.15) is 12.0 Å². The molecule has 0 amide bonds. The molecule has 0 radical (unpaired) electrons. The summed E-state index contributed by atoms with van der Waals surface area (Å²) < 4.78 is 6.38. The van der Waals surface area contributed by atoms with Crippen molar-refractivity contribution < 1.29 is 4.42 Å². The lowest BCUT2D eigenvalue weighted by atomic mass is 10.0. The van der Waals surface area contributed by atoms with Crippen molar-refractivity contribution in [1.29, 1.82) is 0 Å². The number of para-hydroxylation sites is 2. The Hall–Kier alpha value is -5.86. The number of hydrogen-bond donors (Lipinski definition) is 0. The summed E-state index contributed by atoms with van der Waals surface area (Å²) in [4.78, 5) is 2.37. The first-order chi connectivity index (χ1) is 22.3.